The lowest BCUT2D eigenvalue weighted by atomic mass is 9.95. The van der Waals surface area contributed by atoms with Crippen LogP contribution >= 0.6 is 0 Å². The van der Waals surface area contributed by atoms with E-state index in [1.165, 1.54) is 12.1 Å². The molecule has 44 heavy (non-hydrogen) atoms. The predicted octanol–water partition coefficient (Wildman–Crippen LogP) is 4.01. The number of rotatable bonds is 12. The van der Waals surface area contributed by atoms with Crippen molar-refractivity contribution < 1.29 is 53.9 Å². The van der Waals surface area contributed by atoms with Crippen molar-refractivity contribution in [2.45, 2.75) is 26.4 Å². The van der Waals surface area contributed by atoms with Crippen molar-refractivity contribution in [3.8, 4) is 0 Å². The van der Waals surface area contributed by atoms with E-state index >= 15 is 0 Å². The minimum Gasteiger partial charge on any atom is -0.478 e. The van der Waals surface area contributed by atoms with Crippen molar-refractivity contribution in [2.24, 2.45) is 0 Å². The highest BCUT2D eigenvalue weighted by Gasteiger charge is 2.24. The summed E-state index contributed by atoms with van der Waals surface area (Å²) >= 11 is 0. The molecule has 4 rings (SSSR count). The van der Waals surface area contributed by atoms with Gasteiger partial charge in [-0.3, -0.25) is 4.79 Å². The molecular formula is C33H26O11. The smallest absolute Gasteiger partial charge is 0.339 e. The third kappa shape index (κ3) is 7.40. The number of benzene rings is 4. The number of aromatic carboxylic acids is 2. The van der Waals surface area contributed by atoms with Crippen molar-refractivity contribution in [3.63, 3.8) is 0 Å². The number of aliphatic hydroxyl groups excluding tert-OH is 2. The maximum Gasteiger partial charge on any atom is 0.339 e. The molecule has 0 aromatic heterocycles. The first-order chi connectivity index (χ1) is 21.1. The van der Waals surface area contributed by atoms with Crippen LogP contribution < -0.4 is 0 Å². The number of carbonyl (C=O) groups is 5. The number of carboxylic acid groups (broad SMARTS) is 2. The van der Waals surface area contributed by atoms with E-state index in [2.05, 4.69) is 0 Å². The van der Waals surface area contributed by atoms with Crippen molar-refractivity contribution >= 4 is 29.7 Å². The quantitative estimate of drug-likeness (QED) is 0.136. The lowest BCUT2D eigenvalue weighted by molar-refractivity contribution is 0.0458. The lowest BCUT2D eigenvalue weighted by Gasteiger charge is -2.11. The molecule has 4 N–H and O–H groups in total. The minimum atomic E-state index is -1.49. The van der Waals surface area contributed by atoms with Crippen molar-refractivity contribution in [2.75, 3.05) is 0 Å². The number of esters is 2. The monoisotopic (exact) mass is 598 g/mol. The SMILES string of the molecule is O=C(c1ccc(C(=O)OCc2ccc(CO)cc2)c(C(=O)O)c1)c1ccc(C(=O)O)c(C(=O)OCc2ccc(CO)cc2)c1. The first-order valence-corrected chi connectivity index (χ1v) is 13.1. The van der Waals surface area contributed by atoms with Gasteiger partial charge in [-0.05, 0) is 46.5 Å². The molecule has 224 valence electrons. The van der Waals surface area contributed by atoms with E-state index in [1.807, 2.05) is 0 Å². The zero-order chi connectivity index (χ0) is 31.8. The van der Waals surface area contributed by atoms with Gasteiger partial charge >= 0.3 is 23.9 Å². The molecule has 11 nitrogen and oxygen atoms in total. The molecule has 0 saturated heterocycles. The molecule has 0 spiro atoms. The van der Waals surface area contributed by atoms with E-state index < -0.39 is 40.8 Å². The fourth-order valence-corrected chi connectivity index (χ4v) is 4.18. The summed E-state index contributed by atoms with van der Waals surface area (Å²) in [6, 6.07) is 19.8. The van der Waals surface area contributed by atoms with Crippen molar-refractivity contribution in [3.05, 3.63) is 141 Å². The molecule has 0 unspecified atom stereocenters. The predicted molar refractivity (Wildman–Crippen MR) is 153 cm³/mol. The van der Waals surface area contributed by atoms with Crippen LogP contribution in [0.1, 0.15) is 79.6 Å². The van der Waals surface area contributed by atoms with Gasteiger partial charge in [0.05, 0.1) is 35.5 Å². The Morgan fingerprint density at radius 1 is 0.477 bits per heavy atom. The number of hydrogen-bond acceptors (Lipinski definition) is 9. The molecular weight excluding hydrogens is 572 g/mol. The highest BCUT2D eigenvalue weighted by atomic mass is 16.5. The summed E-state index contributed by atoms with van der Waals surface area (Å²) in [4.78, 5) is 62.6. The molecule has 4 aromatic carbocycles. The Labute approximate surface area is 250 Å². The van der Waals surface area contributed by atoms with E-state index in [0.717, 1.165) is 24.3 Å². The lowest BCUT2D eigenvalue weighted by Crippen LogP contribution is -2.15. The molecule has 0 amide bonds. The summed E-state index contributed by atoms with van der Waals surface area (Å²) in [7, 11) is 0. The second-order valence-electron chi connectivity index (χ2n) is 9.56. The number of carboxylic acids is 2. The number of hydrogen-bond donors (Lipinski definition) is 4. The first kappa shape index (κ1) is 31.3. The Bertz CT molecular complexity index is 1720. The van der Waals surface area contributed by atoms with Gasteiger partial charge in [0.1, 0.15) is 13.2 Å². The third-order valence-electron chi connectivity index (χ3n) is 6.62. The number of aliphatic hydroxyl groups is 2. The van der Waals surface area contributed by atoms with Crippen LogP contribution in [0.3, 0.4) is 0 Å². The maximum absolute atomic E-state index is 13.3. The summed E-state index contributed by atoms with van der Waals surface area (Å²) in [5, 5.41) is 37.6. The van der Waals surface area contributed by atoms with Gasteiger partial charge in [-0.25, -0.2) is 19.2 Å². The van der Waals surface area contributed by atoms with Crippen LogP contribution in [0, 0.1) is 0 Å². The van der Waals surface area contributed by atoms with Gasteiger partial charge in [0.2, 0.25) is 0 Å². The standard InChI is InChI=1S/C33H26O11/c34-15-19-1-5-21(6-2-19)17-43-32(41)26-12-10-23(13-27(26)31(39)40)29(36)24-9-11-25(30(37)38)28(14-24)33(42)44-18-22-7-3-20(16-35)4-8-22/h1-14,34-35H,15-18H2,(H,37,38)(H,39,40). The summed E-state index contributed by atoms with van der Waals surface area (Å²) in [5.41, 5.74) is 0.678. The maximum atomic E-state index is 13.3. The van der Waals surface area contributed by atoms with Crippen LogP contribution in [0.2, 0.25) is 0 Å². The fourth-order valence-electron chi connectivity index (χ4n) is 4.18. The van der Waals surface area contributed by atoms with Gasteiger partial charge in [-0.2, -0.15) is 0 Å². The molecule has 0 heterocycles. The van der Waals surface area contributed by atoms with Crippen LogP contribution in [0.4, 0.5) is 0 Å². The number of ether oxygens (including phenoxy) is 2. The molecule has 0 aliphatic rings. The molecule has 0 atom stereocenters. The molecule has 0 fully saturated rings. The molecule has 0 saturated carbocycles. The van der Waals surface area contributed by atoms with Crippen LogP contribution in [-0.4, -0.2) is 50.1 Å². The normalized spacial score (nSPS) is 10.6. The highest BCUT2D eigenvalue weighted by molar-refractivity contribution is 6.13. The average Bonchev–Trinajstić information content (AvgIpc) is 3.05. The Balaban J connectivity index is 1.54. The Kier molecular flexibility index (Phi) is 9.96. The molecule has 0 aliphatic heterocycles. The Morgan fingerprint density at radius 3 is 1.30 bits per heavy atom. The highest BCUT2D eigenvalue weighted by Crippen LogP contribution is 2.21. The summed E-state index contributed by atoms with van der Waals surface area (Å²) in [6.07, 6.45) is 0. The largest absolute Gasteiger partial charge is 0.478 e. The van der Waals surface area contributed by atoms with Gasteiger partial charge in [-0.1, -0.05) is 60.7 Å². The first-order valence-electron chi connectivity index (χ1n) is 13.1. The van der Waals surface area contributed by atoms with E-state index in [4.69, 9.17) is 19.7 Å². The van der Waals surface area contributed by atoms with E-state index in [9.17, 15) is 34.2 Å². The molecule has 0 radical (unpaired) electrons. The van der Waals surface area contributed by atoms with E-state index in [-0.39, 0.29) is 48.7 Å². The zero-order valence-corrected chi connectivity index (χ0v) is 23.1. The van der Waals surface area contributed by atoms with Crippen LogP contribution in [0.15, 0.2) is 84.9 Å². The summed E-state index contributed by atoms with van der Waals surface area (Å²) < 4.78 is 10.5. The van der Waals surface area contributed by atoms with E-state index in [0.29, 0.717) is 22.3 Å². The molecule has 0 aliphatic carbocycles. The fraction of sp³-hybridized carbons (Fsp3) is 0.121. The Hall–Kier alpha value is -5.65. The molecule has 11 heteroatoms. The van der Waals surface area contributed by atoms with Crippen LogP contribution in [0.5, 0.6) is 0 Å². The average molecular weight is 599 g/mol. The summed E-state index contributed by atoms with van der Waals surface area (Å²) in [5.74, 6) is -5.59. The van der Waals surface area contributed by atoms with Gasteiger partial charge in [0.25, 0.3) is 0 Å². The minimum absolute atomic E-state index is 0.118. The second kappa shape index (κ2) is 14.0. The third-order valence-corrected chi connectivity index (χ3v) is 6.62. The van der Waals surface area contributed by atoms with Crippen LogP contribution in [-0.2, 0) is 35.9 Å². The van der Waals surface area contributed by atoms with Crippen molar-refractivity contribution in [1.82, 2.24) is 0 Å². The van der Waals surface area contributed by atoms with Gasteiger partial charge in [-0.15, -0.1) is 0 Å². The number of ketones is 1. The second-order valence-corrected chi connectivity index (χ2v) is 9.56. The summed E-state index contributed by atoms with van der Waals surface area (Å²) in [6.45, 7) is -0.669. The van der Waals surface area contributed by atoms with E-state index in [1.54, 1.807) is 48.5 Å². The Morgan fingerprint density at radius 2 is 0.864 bits per heavy atom. The molecule has 0 bridgehead atoms. The molecule has 4 aromatic rings. The van der Waals surface area contributed by atoms with Gasteiger partial charge < -0.3 is 29.9 Å². The van der Waals surface area contributed by atoms with Crippen LogP contribution in [0.25, 0.3) is 0 Å². The zero-order valence-electron chi connectivity index (χ0n) is 23.1. The van der Waals surface area contributed by atoms with Crippen molar-refractivity contribution in [1.29, 1.82) is 0 Å². The van der Waals surface area contributed by atoms with Gasteiger partial charge in [0.15, 0.2) is 5.78 Å². The topological polar surface area (TPSA) is 185 Å². The number of carbonyl (C=O) groups excluding carboxylic acids is 3. The van der Waals surface area contributed by atoms with Gasteiger partial charge in [0, 0.05) is 11.1 Å².